The van der Waals surface area contributed by atoms with E-state index in [1.165, 1.54) is 4.31 Å². The van der Waals surface area contributed by atoms with Crippen LogP contribution in [0.25, 0.3) is 0 Å². The van der Waals surface area contributed by atoms with Gasteiger partial charge in [-0.2, -0.15) is 12.7 Å². The van der Waals surface area contributed by atoms with Gasteiger partial charge in [-0.05, 0) is 25.7 Å². The molecule has 0 aromatic heterocycles. The molecular weight excluding hydrogens is 280 g/mol. The van der Waals surface area contributed by atoms with Crippen LogP contribution in [-0.4, -0.2) is 43.8 Å². The van der Waals surface area contributed by atoms with Crippen LogP contribution in [0.4, 0.5) is 0 Å². The minimum Gasteiger partial charge on any atom is -0.354 e. The lowest BCUT2D eigenvalue weighted by Crippen LogP contribution is -2.51. The Bertz CT molecular complexity index is 426. The third-order valence-corrected chi connectivity index (χ3v) is 5.29. The summed E-state index contributed by atoms with van der Waals surface area (Å²) in [7, 11) is -3.64. The highest BCUT2D eigenvalue weighted by Crippen LogP contribution is 2.19. The molecule has 0 radical (unpaired) electrons. The molecule has 0 unspecified atom stereocenters. The molecule has 1 rings (SSSR count). The largest absolute Gasteiger partial charge is 0.354 e. The number of nitrogens with zero attached hydrogens (tertiary/aromatic N) is 1. The van der Waals surface area contributed by atoms with Gasteiger partial charge in [-0.3, -0.25) is 4.79 Å². The van der Waals surface area contributed by atoms with Gasteiger partial charge in [0.2, 0.25) is 5.91 Å². The summed E-state index contributed by atoms with van der Waals surface area (Å²) in [6, 6.07) is 0. The van der Waals surface area contributed by atoms with Crippen LogP contribution >= 0.6 is 0 Å². The summed E-state index contributed by atoms with van der Waals surface area (Å²) in [5.74, 6) is -0.207. The van der Waals surface area contributed by atoms with Gasteiger partial charge in [-0.25, -0.2) is 5.14 Å². The molecule has 1 aliphatic heterocycles. The third-order valence-electron chi connectivity index (χ3n) is 4.21. The Balaban J connectivity index is 2.44. The standard InChI is InChI=1S/C12H26N4O3S/c1-3-12(13,4-2)9-15-11(17)10-5-7-16(8-6-10)20(14,18)19/h10H,3-9,13H2,1-2H3,(H,15,17)(H2,14,18,19). The van der Waals surface area contributed by atoms with Crippen molar-refractivity contribution in [3.8, 4) is 0 Å². The van der Waals surface area contributed by atoms with E-state index in [9.17, 15) is 13.2 Å². The molecular formula is C12H26N4O3S. The fraction of sp³-hybridized carbons (Fsp3) is 0.917. The molecule has 5 N–H and O–H groups in total. The van der Waals surface area contributed by atoms with Crippen LogP contribution in [0.2, 0.25) is 0 Å². The van der Waals surface area contributed by atoms with E-state index in [1.54, 1.807) is 0 Å². The SMILES string of the molecule is CCC(N)(CC)CNC(=O)C1CCN(S(N)(=O)=O)CC1. The number of amides is 1. The number of nitrogens with one attached hydrogen (secondary N) is 1. The van der Waals surface area contributed by atoms with Crippen molar-refractivity contribution in [2.75, 3.05) is 19.6 Å². The number of nitrogens with two attached hydrogens (primary N) is 2. The van der Waals surface area contributed by atoms with Gasteiger partial charge in [0.15, 0.2) is 0 Å². The number of hydrogen-bond acceptors (Lipinski definition) is 4. The van der Waals surface area contributed by atoms with E-state index < -0.39 is 10.2 Å². The smallest absolute Gasteiger partial charge is 0.276 e. The molecule has 1 aliphatic rings. The molecule has 7 nitrogen and oxygen atoms in total. The molecule has 0 aliphatic carbocycles. The quantitative estimate of drug-likeness (QED) is 0.615. The highest BCUT2D eigenvalue weighted by atomic mass is 32.2. The highest BCUT2D eigenvalue weighted by molar-refractivity contribution is 7.86. The van der Waals surface area contributed by atoms with Gasteiger partial charge < -0.3 is 11.1 Å². The summed E-state index contributed by atoms with van der Waals surface area (Å²) < 4.78 is 23.6. The molecule has 1 amide bonds. The molecule has 0 atom stereocenters. The van der Waals surface area contributed by atoms with Crippen molar-refractivity contribution in [1.29, 1.82) is 0 Å². The average Bonchev–Trinajstić information content (AvgIpc) is 2.43. The first kappa shape index (κ1) is 17.4. The summed E-state index contributed by atoms with van der Waals surface area (Å²) in [4.78, 5) is 12.1. The zero-order valence-electron chi connectivity index (χ0n) is 12.3. The maximum absolute atomic E-state index is 12.1. The van der Waals surface area contributed by atoms with Crippen LogP contribution in [0.3, 0.4) is 0 Å². The van der Waals surface area contributed by atoms with Crippen molar-refractivity contribution in [3.63, 3.8) is 0 Å². The van der Waals surface area contributed by atoms with E-state index in [4.69, 9.17) is 10.9 Å². The molecule has 0 saturated carbocycles. The predicted octanol–water partition coefficient (Wildman–Crippen LogP) is -0.464. The lowest BCUT2D eigenvalue weighted by molar-refractivity contribution is -0.126. The van der Waals surface area contributed by atoms with Crippen LogP contribution < -0.4 is 16.2 Å². The Morgan fingerprint density at radius 1 is 1.30 bits per heavy atom. The number of carbonyl (C=O) groups is 1. The van der Waals surface area contributed by atoms with Crippen LogP contribution in [0.15, 0.2) is 0 Å². The molecule has 0 aromatic rings. The molecule has 1 heterocycles. The number of hydrogen-bond donors (Lipinski definition) is 3. The summed E-state index contributed by atoms with van der Waals surface area (Å²) in [6.45, 7) is 5.05. The van der Waals surface area contributed by atoms with Crippen LogP contribution in [0, 0.1) is 5.92 Å². The second-order valence-electron chi connectivity index (χ2n) is 5.51. The monoisotopic (exact) mass is 306 g/mol. The van der Waals surface area contributed by atoms with E-state index in [2.05, 4.69) is 5.32 Å². The maximum atomic E-state index is 12.1. The minimum absolute atomic E-state index is 0.0456. The molecule has 1 saturated heterocycles. The minimum atomic E-state index is -3.64. The van der Waals surface area contributed by atoms with E-state index in [-0.39, 0.29) is 17.4 Å². The molecule has 0 aromatic carbocycles. The fourth-order valence-corrected chi connectivity index (χ4v) is 3.00. The number of carbonyl (C=O) groups excluding carboxylic acids is 1. The zero-order valence-corrected chi connectivity index (χ0v) is 13.1. The summed E-state index contributed by atoms with van der Waals surface area (Å²) in [6.07, 6.45) is 2.59. The van der Waals surface area contributed by atoms with Gasteiger partial charge in [-0.1, -0.05) is 13.8 Å². The second kappa shape index (κ2) is 6.84. The first-order valence-electron chi connectivity index (χ1n) is 7.06. The van der Waals surface area contributed by atoms with Crippen LogP contribution in [0.1, 0.15) is 39.5 Å². The molecule has 0 spiro atoms. The molecule has 8 heteroatoms. The fourth-order valence-electron chi connectivity index (χ4n) is 2.28. The van der Waals surface area contributed by atoms with E-state index in [1.807, 2.05) is 13.8 Å². The van der Waals surface area contributed by atoms with Crippen molar-refractivity contribution < 1.29 is 13.2 Å². The second-order valence-corrected chi connectivity index (χ2v) is 7.05. The topological polar surface area (TPSA) is 119 Å². The zero-order chi connectivity index (χ0) is 15.4. The van der Waals surface area contributed by atoms with Crippen molar-refractivity contribution in [1.82, 2.24) is 9.62 Å². The number of piperidine rings is 1. The van der Waals surface area contributed by atoms with E-state index in [0.29, 0.717) is 32.5 Å². The van der Waals surface area contributed by atoms with Crippen LogP contribution in [-0.2, 0) is 15.0 Å². The maximum Gasteiger partial charge on any atom is 0.276 e. The molecule has 1 fully saturated rings. The van der Waals surface area contributed by atoms with Gasteiger partial charge in [0.1, 0.15) is 0 Å². The summed E-state index contributed by atoms with van der Waals surface area (Å²) in [5, 5.41) is 7.95. The first-order valence-corrected chi connectivity index (χ1v) is 8.56. The molecule has 20 heavy (non-hydrogen) atoms. The number of rotatable bonds is 6. The predicted molar refractivity (Wildman–Crippen MR) is 77.9 cm³/mol. The Hall–Kier alpha value is -0.700. The highest BCUT2D eigenvalue weighted by Gasteiger charge is 2.30. The lowest BCUT2D eigenvalue weighted by atomic mass is 9.93. The van der Waals surface area contributed by atoms with E-state index >= 15 is 0 Å². The van der Waals surface area contributed by atoms with Crippen LogP contribution in [0.5, 0.6) is 0 Å². The van der Waals surface area contributed by atoms with Crippen molar-refractivity contribution in [2.45, 2.75) is 45.1 Å². The third kappa shape index (κ3) is 4.69. The normalized spacial score (nSPS) is 19.0. The Morgan fingerprint density at radius 2 is 1.80 bits per heavy atom. The molecule has 118 valence electrons. The molecule has 0 bridgehead atoms. The summed E-state index contributed by atoms with van der Waals surface area (Å²) in [5.41, 5.74) is 5.77. The first-order chi connectivity index (χ1) is 9.22. The Labute approximate surface area is 121 Å². The van der Waals surface area contributed by atoms with Gasteiger partial charge in [0.25, 0.3) is 10.2 Å². The van der Waals surface area contributed by atoms with Gasteiger partial charge in [0.05, 0.1) is 0 Å². The average molecular weight is 306 g/mol. The summed E-state index contributed by atoms with van der Waals surface area (Å²) >= 11 is 0. The van der Waals surface area contributed by atoms with E-state index in [0.717, 1.165) is 12.8 Å². The van der Waals surface area contributed by atoms with Gasteiger partial charge in [-0.15, -0.1) is 0 Å². The van der Waals surface area contributed by atoms with Crippen molar-refractivity contribution >= 4 is 16.1 Å². The van der Waals surface area contributed by atoms with Crippen molar-refractivity contribution in [3.05, 3.63) is 0 Å². The van der Waals surface area contributed by atoms with Gasteiger partial charge in [0, 0.05) is 31.1 Å². The Kier molecular flexibility index (Phi) is 5.93. The lowest BCUT2D eigenvalue weighted by Gasteiger charge is -2.31. The van der Waals surface area contributed by atoms with Crippen molar-refractivity contribution in [2.24, 2.45) is 16.8 Å². The van der Waals surface area contributed by atoms with Gasteiger partial charge >= 0.3 is 0 Å². The Morgan fingerprint density at radius 3 is 2.20 bits per heavy atom.